The van der Waals surface area contributed by atoms with Gasteiger partial charge in [-0.2, -0.15) is 0 Å². The van der Waals surface area contributed by atoms with Gasteiger partial charge in [-0.05, 0) is 30.2 Å². The van der Waals surface area contributed by atoms with E-state index in [0.717, 1.165) is 12.0 Å². The average Bonchev–Trinajstić information content (AvgIpc) is 2.81. The zero-order valence-corrected chi connectivity index (χ0v) is 16.0. The van der Waals surface area contributed by atoms with Crippen molar-refractivity contribution in [2.75, 3.05) is 13.2 Å². The van der Waals surface area contributed by atoms with Crippen LogP contribution < -0.4 is 0 Å². The number of rotatable bonds is 6. The summed E-state index contributed by atoms with van der Waals surface area (Å²) in [5.41, 5.74) is 0.757. The van der Waals surface area contributed by atoms with Crippen molar-refractivity contribution in [2.45, 2.75) is 19.8 Å². The number of hydrogen-bond acceptors (Lipinski definition) is 5. The van der Waals surface area contributed by atoms with E-state index in [4.69, 9.17) is 40.2 Å². The first-order valence-corrected chi connectivity index (χ1v) is 9.26. The fraction of sp³-hybridized carbons (Fsp3) is 0.312. The smallest absolute Gasteiger partial charge is 0.307 e. The van der Waals surface area contributed by atoms with Gasteiger partial charge >= 0.3 is 5.97 Å². The summed E-state index contributed by atoms with van der Waals surface area (Å²) in [4.78, 5) is 25.9. The van der Waals surface area contributed by atoms with Crippen LogP contribution in [0.15, 0.2) is 23.1 Å². The Labute approximate surface area is 160 Å². The average molecular weight is 404 g/mol. The van der Waals surface area contributed by atoms with E-state index in [0.29, 0.717) is 25.9 Å². The Hall–Kier alpha value is -1.08. The third-order valence-electron chi connectivity index (χ3n) is 3.12. The number of amides is 1. The molecule has 0 radical (unpaired) electrons. The van der Waals surface area contributed by atoms with E-state index in [1.807, 2.05) is 6.92 Å². The van der Waals surface area contributed by atoms with Gasteiger partial charge in [0.15, 0.2) is 0 Å². The van der Waals surface area contributed by atoms with Crippen molar-refractivity contribution in [2.24, 2.45) is 0 Å². The van der Waals surface area contributed by atoms with Crippen molar-refractivity contribution in [1.82, 2.24) is 4.90 Å². The van der Waals surface area contributed by atoms with E-state index >= 15 is 0 Å². The maximum absolute atomic E-state index is 12.4. The number of thiocarbonyl (C=S) groups is 1. The minimum Gasteiger partial charge on any atom is -0.466 e. The zero-order chi connectivity index (χ0) is 17.7. The highest BCUT2D eigenvalue weighted by Gasteiger charge is 2.32. The van der Waals surface area contributed by atoms with Crippen LogP contribution in [0.5, 0.6) is 0 Å². The zero-order valence-electron chi connectivity index (χ0n) is 12.9. The molecule has 24 heavy (non-hydrogen) atoms. The highest BCUT2D eigenvalue weighted by molar-refractivity contribution is 8.26. The van der Waals surface area contributed by atoms with Gasteiger partial charge in [0.2, 0.25) is 0 Å². The van der Waals surface area contributed by atoms with Crippen molar-refractivity contribution < 1.29 is 14.3 Å². The molecule has 0 saturated carbocycles. The number of hydrogen-bond donors (Lipinski definition) is 0. The topological polar surface area (TPSA) is 46.6 Å². The van der Waals surface area contributed by atoms with E-state index in [-0.39, 0.29) is 24.8 Å². The van der Waals surface area contributed by atoms with Crippen molar-refractivity contribution in [3.05, 3.63) is 38.7 Å². The molecule has 0 spiro atoms. The molecular formula is C16H15Cl2NO3S2. The molecule has 0 aromatic heterocycles. The second kappa shape index (κ2) is 8.85. The predicted octanol–water partition coefficient (Wildman–Crippen LogP) is 4.54. The minimum absolute atomic E-state index is 0.118. The molecule has 4 nitrogen and oxygen atoms in total. The van der Waals surface area contributed by atoms with Crippen LogP contribution in [-0.4, -0.2) is 34.2 Å². The van der Waals surface area contributed by atoms with E-state index in [9.17, 15) is 9.59 Å². The molecule has 1 aliphatic rings. The van der Waals surface area contributed by atoms with Gasteiger partial charge in [0, 0.05) is 6.54 Å². The Balaban J connectivity index is 2.03. The number of halogens is 2. The molecule has 0 atom stereocenters. The predicted molar refractivity (Wildman–Crippen MR) is 102 cm³/mol. The molecule has 0 N–H and O–H groups in total. The van der Waals surface area contributed by atoms with Crippen LogP contribution >= 0.6 is 47.2 Å². The minimum atomic E-state index is -0.334. The summed E-state index contributed by atoms with van der Waals surface area (Å²) in [5, 5.41) is 0.867. The molecule has 2 rings (SSSR count). The van der Waals surface area contributed by atoms with Gasteiger partial charge in [-0.15, -0.1) is 0 Å². The molecule has 1 aliphatic heterocycles. The van der Waals surface area contributed by atoms with Crippen LogP contribution in [0.4, 0.5) is 0 Å². The molecule has 1 aromatic carbocycles. The Kier molecular flexibility index (Phi) is 7.10. The van der Waals surface area contributed by atoms with Gasteiger partial charge < -0.3 is 4.74 Å². The molecule has 0 aliphatic carbocycles. The molecule has 1 fully saturated rings. The van der Waals surface area contributed by atoms with Crippen LogP contribution in [0, 0.1) is 0 Å². The molecule has 1 amide bonds. The Bertz CT molecular complexity index is 707. The summed E-state index contributed by atoms with van der Waals surface area (Å²) in [6, 6.07) is 5.11. The summed E-state index contributed by atoms with van der Waals surface area (Å²) in [7, 11) is 0. The number of carbonyl (C=O) groups is 2. The van der Waals surface area contributed by atoms with E-state index in [1.54, 1.807) is 24.3 Å². The fourth-order valence-corrected chi connectivity index (χ4v) is 3.55. The number of ether oxygens (including phenoxy) is 1. The number of carbonyl (C=O) groups excluding carboxylic acids is 2. The normalized spacial score (nSPS) is 16.1. The molecule has 1 heterocycles. The lowest BCUT2D eigenvalue weighted by atomic mass is 10.2. The standard InChI is InChI=1S/C16H15Cl2NO3S2/c1-2-7-22-14(20)5-6-19-15(21)13(24-16(19)23)9-10-3-4-11(17)12(18)8-10/h3-4,8-9H,2,5-7H2,1H3/b13-9-. The molecule has 1 saturated heterocycles. The van der Waals surface area contributed by atoms with Gasteiger partial charge in [0.25, 0.3) is 5.91 Å². The third kappa shape index (κ3) is 4.96. The van der Waals surface area contributed by atoms with Gasteiger partial charge in [0.05, 0.1) is 28.0 Å². The summed E-state index contributed by atoms with van der Waals surface area (Å²) < 4.78 is 5.43. The number of esters is 1. The number of thioether (sulfide) groups is 1. The SMILES string of the molecule is CCCOC(=O)CCN1C(=O)/C(=C/c2ccc(Cl)c(Cl)c2)SC1=S. The van der Waals surface area contributed by atoms with Gasteiger partial charge in [-0.3, -0.25) is 14.5 Å². The van der Waals surface area contributed by atoms with Crippen molar-refractivity contribution in [3.63, 3.8) is 0 Å². The monoisotopic (exact) mass is 403 g/mol. The van der Waals surface area contributed by atoms with E-state index < -0.39 is 0 Å². The van der Waals surface area contributed by atoms with Crippen LogP contribution in [0.3, 0.4) is 0 Å². The highest BCUT2D eigenvalue weighted by Crippen LogP contribution is 2.33. The molecule has 0 bridgehead atoms. The largest absolute Gasteiger partial charge is 0.466 e. The van der Waals surface area contributed by atoms with Gasteiger partial charge in [-0.1, -0.05) is 60.2 Å². The van der Waals surface area contributed by atoms with Crippen LogP contribution in [0.2, 0.25) is 10.0 Å². The van der Waals surface area contributed by atoms with Crippen LogP contribution in [-0.2, 0) is 14.3 Å². The molecule has 128 valence electrons. The van der Waals surface area contributed by atoms with Gasteiger partial charge in [-0.25, -0.2) is 0 Å². The third-order valence-corrected chi connectivity index (χ3v) is 5.24. The lowest BCUT2D eigenvalue weighted by Gasteiger charge is -2.13. The second-order valence-electron chi connectivity index (χ2n) is 4.98. The fourth-order valence-electron chi connectivity index (χ4n) is 1.94. The summed E-state index contributed by atoms with van der Waals surface area (Å²) in [6.45, 7) is 2.52. The first kappa shape index (κ1) is 19.2. The quantitative estimate of drug-likeness (QED) is 0.396. The first-order valence-electron chi connectivity index (χ1n) is 7.28. The molecule has 1 aromatic rings. The van der Waals surface area contributed by atoms with Crippen LogP contribution in [0.25, 0.3) is 6.08 Å². The second-order valence-corrected chi connectivity index (χ2v) is 7.47. The first-order chi connectivity index (χ1) is 11.4. The Morgan fingerprint density at radius 3 is 2.79 bits per heavy atom. The lowest BCUT2D eigenvalue weighted by Crippen LogP contribution is -2.30. The van der Waals surface area contributed by atoms with Crippen molar-refractivity contribution in [3.8, 4) is 0 Å². The summed E-state index contributed by atoms with van der Waals surface area (Å²) >= 11 is 18.3. The van der Waals surface area contributed by atoms with Crippen LogP contribution in [0.1, 0.15) is 25.3 Å². The van der Waals surface area contributed by atoms with E-state index in [1.165, 1.54) is 16.7 Å². The highest BCUT2D eigenvalue weighted by atomic mass is 35.5. The summed E-state index contributed by atoms with van der Waals surface area (Å²) in [6.07, 6.45) is 2.59. The van der Waals surface area contributed by atoms with Gasteiger partial charge in [0.1, 0.15) is 4.32 Å². The Morgan fingerprint density at radius 2 is 2.12 bits per heavy atom. The maximum atomic E-state index is 12.4. The number of benzene rings is 1. The lowest BCUT2D eigenvalue weighted by molar-refractivity contribution is -0.143. The van der Waals surface area contributed by atoms with E-state index in [2.05, 4.69) is 0 Å². The van der Waals surface area contributed by atoms with Crippen molar-refractivity contribution >= 4 is 69.5 Å². The Morgan fingerprint density at radius 1 is 1.38 bits per heavy atom. The molecule has 0 unspecified atom stereocenters. The maximum Gasteiger partial charge on any atom is 0.307 e. The van der Waals surface area contributed by atoms with Crippen molar-refractivity contribution in [1.29, 1.82) is 0 Å². The molecule has 8 heteroatoms. The number of nitrogens with zero attached hydrogens (tertiary/aromatic N) is 1. The molecular weight excluding hydrogens is 389 g/mol. The summed E-state index contributed by atoms with van der Waals surface area (Å²) in [5.74, 6) is -0.557.